The monoisotopic (exact) mass is 338 g/mol. The minimum absolute atomic E-state index is 0.0161. The van der Waals surface area contributed by atoms with Gasteiger partial charge in [0, 0.05) is 37.8 Å². The maximum Gasteiger partial charge on any atom is 0.253 e. The summed E-state index contributed by atoms with van der Waals surface area (Å²) in [4.78, 5) is 17.0. The van der Waals surface area contributed by atoms with Crippen molar-refractivity contribution >= 4 is 5.91 Å². The SMILES string of the molecule is O=C(c1ccc(F)cc1)N1CCC(N2CCc3ccccc3C2)CC1. The Bertz CT molecular complexity index is 751. The zero-order valence-corrected chi connectivity index (χ0v) is 14.3. The summed E-state index contributed by atoms with van der Waals surface area (Å²) in [6.07, 6.45) is 3.13. The average Bonchev–Trinajstić information content (AvgIpc) is 2.68. The van der Waals surface area contributed by atoms with Gasteiger partial charge in [0.25, 0.3) is 5.91 Å². The van der Waals surface area contributed by atoms with Gasteiger partial charge in [0.2, 0.25) is 0 Å². The van der Waals surface area contributed by atoms with Crippen molar-refractivity contribution in [3.05, 3.63) is 71.0 Å². The Balaban J connectivity index is 1.36. The molecule has 0 aliphatic carbocycles. The molecule has 2 aliphatic rings. The smallest absolute Gasteiger partial charge is 0.253 e. The van der Waals surface area contributed by atoms with E-state index in [1.54, 1.807) is 12.1 Å². The van der Waals surface area contributed by atoms with E-state index < -0.39 is 0 Å². The van der Waals surface area contributed by atoms with Crippen LogP contribution in [-0.2, 0) is 13.0 Å². The van der Waals surface area contributed by atoms with Crippen LogP contribution in [0.2, 0.25) is 0 Å². The number of hydrogen-bond donors (Lipinski definition) is 0. The Kier molecular flexibility index (Phi) is 4.53. The van der Waals surface area contributed by atoms with E-state index in [2.05, 4.69) is 29.2 Å². The quantitative estimate of drug-likeness (QED) is 0.837. The zero-order valence-electron chi connectivity index (χ0n) is 14.3. The van der Waals surface area contributed by atoms with Gasteiger partial charge in [-0.15, -0.1) is 0 Å². The number of fused-ring (bicyclic) bond motifs is 1. The lowest BCUT2D eigenvalue weighted by Crippen LogP contribution is -2.48. The largest absolute Gasteiger partial charge is 0.339 e. The second kappa shape index (κ2) is 6.96. The lowest BCUT2D eigenvalue weighted by Gasteiger charge is -2.40. The molecule has 0 N–H and O–H groups in total. The molecule has 1 amide bonds. The van der Waals surface area contributed by atoms with Gasteiger partial charge in [-0.1, -0.05) is 24.3 Å². The molecule has 2 heterocycles. The highest BCUT2D eigenvalue weighted by atomic mass is 19.1. The zero-order chi connectivity index (χ0) is 17.2. The Morgan fingerprint density at radius 3 is 2.32 bits per heavy atom. The summed E-state index contributed by atoms with van der Waals surface area (Å²) in [6, 6.07) is 15.1. The molecule has 0 spiro atoms. The average molecular weight is 338 g/mol. The van der Waals surface area contributed by atoms with Gasteiger partial charge in [0.05, 0.1) is 0 Å². The predicted molar refractivity (Wildman–Crippen MR) is 95.9 cm³/mol. The summed E-state index contributed by atoms with van der Waals surface area (Å²) >= 11 is 0. The van der Waals surface area contributed by atoms with Crippen LogP contribution in [0.25, 0.3) is 0 Å². The molecule has 0 unspecified atom stereocenters. The summed E-state index contributed by atoms with van der Waals surface area (Å²) in [5.41, 5.74) is 3.49. The highest BCUT2D eigenvalue weighted by Gasteiger charge is 2.29. The molecule has 0 radical (unpaired) electrons. The van der Waals surface area contributed by atoms with Gasteiger partial charge < -0.3 is 4.90 Å². The molecule has 4 heteroatoms. The number of benzene rings is 2. The Morgan fingerprint density at radius 2 is 1.60 bits per heavy atom. The van der Waals surface area contributed by atoms with Crippen molar-refractivity contribution in [1.82, 2.24) is 9.80 Å². The number of piperidine rings is 1. The maximum absolute atomic E-state index is 13.0. The molecule has 0 atom stereocenters. The van der Waals surface area contributed by atoms with Gasteiger partial charge >= 0.3 is 0 Å². The van der Waals surface area contributed by atoms with Gasteiger partial charge in [-0.05, 0) is 54.7 Å². The first-order valence-corrected chi connectivity index (χ1v) is 9.06. The van der Waals surface area contributed by atoms with Crippen molar-refractivity contribution in [2.45, 2.75) is 31.8 Å². The fraction of sp³-hybridized carbons (Fsp3) is 0.381. The summed E-state index contributed by atoms with van der Waals surface area (Å²) in [6.45, 7) is 3.68. The van der Waals surface area contributed by atoms with Gasteiger partial charge in [-0.3, -0.25) is 9.69 Å². The molecule has 0 bridgehead atoms. The second-order valence-corrected chi connectivity index (χ2v) is 7.02. The van der Waals surface area contributed by atoms with Crippen LogP contribution in [0.4, 0.5) is 4.39 Å². The third-order valence-electron chi connectivity index (χ3n) is 5.52. The topological polar surface area (TPSA) is 23.6 Å². The van der Waals surface area contributed by atoms with Gasteiger partial charge in [0.15, 0.2) is 0 Å². The lowest BCUT2D eigenvalue weighted by molar-refractivity contribution is 0.0599. The van der Waals surface area contributed by atoms with Crippen LogP contribution in [0.3, 0.4) is 0 Å². The highest BCUT2D eigenvalue weighted by molar-refractivity contribution is 5.94. The van der Waals surface area contributed by atoms with Crippen molar-refractivity contribution in [3.63, 3.8) is 0 Å². The molecule has 130 valence electrons. The molecule has 4 rings (SSSR count). The van der Waals surface area contributed by atoms with E-state index in [1.807, 2.05) is 4.90 Å². The molecule has 3 nitrogen and oxygen atoms in total. The van der Waals surface area contributed by atoms with Crippen LogP contribution in [0.1, 0.15) is 34.3 Å². The van der Waals surface area contributed by atoms with Crippen molar-refractivity contribution < 1.29 is 9.18 Å². The number of carbonyl (C=O) groups excluding carboxylic acids is 1. The first-order chi connectivity index (χ1) is 12.2. The van der Waals surface area contributed by atoms with Gasteiger partial charge in [-0.2, -0.15) is 0 Å². The lowest BCUT2D eigenvalue weighted by atomic mass is 9.95. The van der Waals surface area contributed by atoms with Gasteiger partial charge in [-0.25, -0.2) is 4.39 Å². The van der Waals surface area contributed by atoms with Crippen LogP contribution in [0.5, 0.6) is 0 Å². The van der Waals surface area contributed by atoms with Crippen LogP contribution < -0.4 is 0 Å². The fourth-order valence-electron chi connectivity index (χ4n) is 4.04. The molecule has 25 heavy (non-hydrogen) atoms. The van der Waals surface area contributed by atoms with E-state index in [4.69, 9.17) is 0 Å². The highest BCUT2D eigenvalue weighted by Crippen LogP contribution is 2.25. The van der Waals surface area contributed by atoms with Crippen molar-refractivity contribution in [2.24, 2.45) is 0 Å². The standard InChI is InChI=1S/C21H23FN2O/c22-19-7-5-17(6-8-19)21(25)23-13-10-20(11-14-23)24-12-9-16-3-1-2-4-18(16)15-24/h1-8,20H,9-15H2. The molecule has 2 aliphatic heterocycles. The Morgan fingerprint density at radius 1 is 0.920 bits per heavy atom. The summed E-state index contributed by atoms with van der Waals surface area (Å²) in [5.74, 6) is -0.289. The summed E-state index contributed by atoms with van der Waals surface area (Å²) < 4.78 is 13.0. The minimum Gasteiger partial charge on any atom is -0.339 e. The Hall–Kier alpha value is -2.20. The van der Waals surface area contributed by atoms with E-state index in [0.717, 1.165) is 45.4 Å². The Labute approximate surface area is 148 Å². The van der Waals surface area contributed by atoms with Crippen LogP contribution in [0.15, 0.2) is 48.5 Å². The maximum atomic E-state index is 13.0. The van der Waals surface area contributed by atoms with Crippen molar-refractivity contribution in [3.8, 4) is 0 Å². The minimum atomic E-state index is -0.305. The predicted octanol–water partition coefficient (Wildman–Crippen LogP) is 3.49. The molecule has 0 aromatic heterocycles. The fourth-order valence-corrected chi connectivity index (χ4v) is 4.04. The molecular weight excluding hydrogens is 315 g/mol. The number of likely N-dealkylation sites (tertiary alicyclic amines) is 1. The molecule has 2 aromatic rings. The summed E-state index contributed by atoms with van der Waals surface area (Å²) in [5, 5.41) is 0. The number of halogens is 1. The van der Waals surface area contributed by atoms with Crippen molar-refractivity contribution in [1.29, 1.82) is 0 Å². The number of nitrogens with zero attached hydrogens (tertiary/aromatic N) is 2. The van der Waals surface area contributed by atoms with E-state index in [-0.39, 0.29) is 11.7 Å². The van der Waals surface area contributed by atoms with E-state index in [9.17, 15) is 9.18 Å². The third-order valence-corrected chi connectivity index (χ3v) is 5.52. The van der Waals surface area contributed by atoms with Crippen molar-refractivity contribution in [2.75, 3.05) is 19.6 Å². The number of amides is 1. The van der Waals surface area contributed by atoms with E-state index in [1.165, 1.54) is 23.3 Å². The number of carbonyl (C=O) groups is 1. The first kappa shape index (κ1) is 16.3. The normalized spacial score (nSPS) is 18.8. The molecular formula is C21H23FN2O. The molecule has 1 fully saturated rings. The van der Waals surface area contributed by atoms with E-state index in [0.29, 0.717) is 11.6 Å². The second-order valence-electron chi connectivity index (χ2n) is 7.02. The molecule has 2 aromatic carbocycles. The van der Waals surface area contributed by atoms with Crippen LogP contribution in [-0.4, -0.2) is 41.4 Å². The number of hydrogen-bond acceptors (Lipinski definition) is 2. The van der Waals surface area contributed by atoms with Crippen LogP contribution >= 0.6 is 0 Å². The third kappa shape index (κ3) is 3.45. The van der Waals surface area contributed by atoms with Gasteiger partial charge in [0.1, 0.15) is 5.82 Å². The molecule has 1 saturated heterocycles. The summed E-state index contributed by atoms with van der Waals surface area (Å²) in [7, 11) is 0. The van der Waals surface area contributed by atoms with E-state index >= 15 is 0 Å². The molecule has 0 saturated carbocycles. The first-order valence-electron chi connectivity index (χ1n) is 9.06. The number of rotatable bonds is 2. The van der Waals surface area contributed by atoms with Crippen LogP contribution in [0, 0.1) is 5.82 Å².